The first kappa shape index (κ1) is 15.6. The monoisotopic (exact) mass is 293 g/mol. The van der Waals surface area contributed by atoms with Crippen LogP contribution in [0.25, 0.3) is 0 Å². The summed E-state index contributed by atoms with van der Waals surface area (Å²) >= 11 is 0. The van der Waals surface area contributed by atoms with Crippen molar-refractivity contribution in [3.63, 3.8) is 0 Å². The molecule has 0 bridgehead atoms. The molecule has 0 aliphatic rings. The lowest BCUT2D eigenvalue weighted by atomic mass is 9.96. The van der Waals surface area contributed by atoms with Gasteiger partial charge in [-0.15, -0.1) is 0 Å². The number of rotatable bonds is 5. The Kier molecular flexibility index (Phi) is 5.02. The number of hydrogen-bond donors (Lipinski definition) is 1. The summed E-state index contributed by atoms with van der Waals surface area (Å²) in [6, 6.07) is 7.67. The van der Waals surface area contributed by atoms with Crippen LogP contribution in [0, 0.1) is 24.4 Å². The van der Waals surface area contributed by atoms with E-state index < -0.39 is 17.7 Å². The van der Waals surface area contributed by atoms with Crippen molar-refractivity contribution in [2.24, 2.45) is 0 Å². The maximum absolute atomic E-state index is 14.0. The summed E-state index contributed by atoms with van der Waals surface area (Å²) in [5, 5.41) is 3.08. The summed E-state index contributed by atoms with van der Waals surface area (Å²) in [7, 11) is 0. The highest BCUT2D eigenvalue weighted by Crippen LogP contribution is 2.28. The molecule has 21 heavy (non-hydrogen) atoms. The molecule has 1 nitrogen and oxygen atoms in total. The Morgan fingerprint density at radius 1 is 1.00 bits per heavy atom. The third kappa shape index (κ3) is 3.45. The predicted molar refractivity (Wildman–Crippen MR) is 77.6 cm³/mol. The molecule has 1 atom stereocenters. The second kappa shape index (κ2) is 6.76. The third-order valence-corrected chi connectivity index (χ3v) is 3.42. The van der Waals surface area contributed by atoms with E-state index >= 15 is 0 Å². The van der Waals surface area contributed by atoms with Crippen LogP contribution in [0.4, 0.5) is 13.2 Å². The van der Waals surface area contributed by atoms with Gasteiger partial charge < -0.3 is 5.32 Å². The minimum Gasteiger partial charge on any atom is -0.306 e. The van der Waals surface area contributed by atoms with Crippen LogP contribution in [-0.4, -0.2) is 6.54 Å². The molecule has 0 radical (unpaired) electrons. The molecule has 1 N–H and O–H groups in total. The Morgan fingerprint density at radius 2 is 1.67 bits per heavy atom. The smallest absolute Gasteiger partial charge is 0.131 e. The van der Waals surface area contributed by atoms with Crippen LogP contribution < -0.4 is 5.32 Å². The first-order chi connectivity index (χ1) is 10.0. The number of nitrogens with one attached hydrogen (secondary N) is 1. The van der Waals surface area contributed by atoms with Crippen molar-refractivity contribution < 1.29 is 13.2 Å². The Hall–Kier alpha value is -1.81. The number of halogens is 3. The molecule has 2 aromatic carbocycles. The fraction of sp³-hybridized carbons (Fsp3) is 0.294. The van der Waals surface area contributed by atoms with Gasteiger partial charge in [0.2, 0.25) is 0 Å². The molecule has 0 fully saturated rings. The van der Waals surface area contributed by atoms with Crippen molar-refractivity contribution in [2.45, 2.75) is 26.3 Å². The van der Waals surface area contributed by atoms with Gasteiger partial charge in [0.25, 0.3) is 0 Å². The van der Waals surface area contributed by atoms with Crippen molar-refractivity contribution in [3.8, 4) is 0 Å². The van der Waals surface area contributed by atoms with Gasteiger partial charge in [0.1, 0.15) is 17.5 Å². The van der Waals surface area contributed by atoms with Crippen molar-refractivity contribution >= 4 is 0 Å². The van der Waals surface area contributed by atoms with Crippen LogP contribution in [0.2, 0.25) is 0 Å². The molecule has 0 saturated carbocycles. The molecule has 2 aromatic rings. The second-order valence-corrected chi connectivity index (χ2v) is 5.03. The van der Waals surface area contributed by atoms with Gasteiger partial charge in [-0.1, -0.05) is 25.1 Å². The minimum atomic E-state index is -0.707. The quantitative estimate of drug-likeness (QED) is 0.855. The van der Waals surface area contributed by atoms with Gasteiger partial charge in [0.05, 0.1) is 6.04 Å². The molecule has 1 unspecified atom stereocenters. The Labute approximate surface area is 122 Å². The van der Waals surface area contributed by atoms with Crippen molar-refractivity contribution in [3.05, 3.63) is 70.5 Å². The largest absolute Gasteiger partial charge is 0.306 e. The fourth-order valence-corrected chi connectivity index (χ4v) is 2.25. The van der Waals surface area contributed by atoms with Gasteiger partial charge >= 0.3 is 0 Å². The van der Waals surface area contributed by atoms with E-state index in [0.717, 1.165) is 6.42 Å². The summed E-state index contributed by atoms with van der Waals surface area (Å²) < 4.78 is 41.8. The lowest BCUT2D eigenvalue weighted by molar-refractivity contribution is 0.501. The van der Waals surface area contributed by atoms with E-state index in [1.807, 2.05) is 6.92 Å². The highest BCUT2D eigenvalue weighted by Gasteiger charge is 2.22. The first-order valence-electron chi connectivity index (χ1n) is 6.98. The zero-order valence-corrected chi connectivity index (χ0v) is 12.1. The van der Waals surface area contributed by atoms with Crippen LogP contribution in [0.5, 0.6) is 0 Å². The molecule has 112 valence electrons. The van der Waals surface area contributed by atoms with Crippen LogP contribution >= 0.6 is 0 Å². The topological polar surface area (TPSA) is 12.0 Å². The maximum atomic E-state index is 14.0. The van der Waals surface area contributed by atoms with Gasteiger partial charge in [0, 0.05) is 5.56 Å². The van der Waals surface area contributed by atoms with Gasteiger partial charge in [-0.2, -0.15) is 0 Å². The molecule has 0 spiro atoms. The van der Waals surface area contributed by atoms with E-state index in [0.29, 0.717) is 17.7 Å². The lowest BCUT2D eigenvalue weighted by Crippen LogP contribution is -2.25. The number of benzene rings is 2. The van der Waals surface area contributed by atoms with E-state index in [4.69, 9.17) is 0 Å². The van der Waals surface area contributed by atoms with Gasteiger partial charge in [0.15, 0.2) is 0 Å². The highest BCUT2D eigenvalue weighted by atomic mass is 19.1. The van der Waals surface area contributed by atoms with E-state index in [2.05, 4.69) is 5.32 Å². The SMILES string of the molecule is CCCNC(c1ccc(C)c(F)c1)c1c(F)cccc1F. The summed E-state index contributed by atoms with van der Waals surface area (Å²) in [5.74, 6) is -1.65. The number of aryl methyl sites for hydroxylation is 1. The molecule has 0 aliphatic heterocycles. The van der Waals surface area contributed by atoms with E-state index in [1.165, 1.54) is 24.3 Å². The second-order valence-electron chi connectivity index (χ2n) is 5.03. The summed E-state index contributed by atoms with van der Waals surface area (Å²) in [6.45, 7) is 4.18. The Bertz CT molecular complexity index is 605. The van der Waals surface area contributed by atoms with Crippen LogP contribution in [-0.2, 0) is 0 Å². The van der Waals surface area contributed by atoms with Gasteiger partial charge in [-0.3, -0.25) is 0 Å². The molecule has 0 saturated heterocycles. The molecule has 0 aromatic heterocycles. The van der Waals surface area contributed by atoms with E-state index in [1.54, 1.807) is 19.1 Å². The Balaban J connectivity index is 2.49. The zero-order chi connectivity index (χ0) is 15.4. The first-order valence-corrected chi connectivity index (χ1v) is 6.98. The summed E-state index contributed by atoms with van der Waals surface area (Å²) in [4.78, 5) is 0. The highest BCUT2D eigenvalue weighted by molar-refractivity contribution is 5.35. The molecule has 2 rings (SSSR count). The lowest BCUT2D eigenvalue weighted by Gasteiger charge is -2.21. The molecule has 0 amide bonds. The molecular weight excluding hydrogens is 275 g/mol. The zero-order valence-electron chi connectivity index (χ0n) is 12.1. The van der Waals surface area contributed by atoms with Crippen molar-refractivity contribution in [1.29, 1.82) is 0 Å². The normalized spacial score (nSPS) is 12.4. The summed E-state index contributed by atoms with van der Waals surface area (Å²) in [6.07, 6.45) is 0.806. The van der Waals surface area contributed by atoms with Crippen LogP contribution in [0.3, 0.4) is 0 Å². The predicted octanol–water partition coefficient (Wildman–Crippen LogP) is 4.50. The molecule has 4 heteroatoms. The van der Waals surface area contributed by atoms with Crippen LogP contribution in [0.15, 0.2) is 36.4 Å². The molecule has 0 aliphatic carbocycles. The standard InChI is InChI=1S/C17H18F3N/c1-3-9-21-17(12-8-7-11(2)15(20)10-12)16-13(18)5-4-6-14(16)19/h4-8,10,17,21H,3,9H2,1-2H3. The molecular formula is C17H18F3N. The van der Waals surface area contributed by atoms with Crippen molar-refractivity contribution in [1.82, 2.24) is 5.32 Å². The molecule has 0 heterocycles. The van der Waals surface area contributed by atoms with Gasteiger partial charge in [-0.05, 0) is 49.2 Å². The maximum Gasteiger partial charge on any atom is 0.131 e. The minimum absolute atomic E-state index is 0.0748. The van der Waals surface area contributed by atoms with Gasteiger partial charge in [-0.25, -0.2) is 13.2 Å². The van der Waals surface area contributed by atoms with E-state index in [-0.39, 0.29) is 11.4 Å². The van der Waals surface area contributed by atoms with E-state index in [9.17, 15) is 13.2 Å². The number of hydrogen-bond acceptors (Lipinski definition) is 1. The summed E-state index contributed by atoms with van der Waals surface area (Å²) in [5.41, 5.74) is 0.937. The Morgan fingerprint density at radius 3 is 2.24 bits per heavy atom. The fourth-order valence-electron chi connectivity index (χ4n) is 2.25. The van der Waals surface area contributed by atoms with Crippen LogP contribution in [0.1, 0.15) is 36.1 Å². The average Bonchev–Trinajstić information content (AvgIpc) is 2.45. The third-order valence-electron chi connectivity index (χ3n) is 3.42. The van der Waals surface area contributed by atoms with Crippen molar-refractivity contribution in [2.75, 3.05) is 6.54 Å². The average molecular weight is 293 g/mol.